The highest BCUT2D eigenvalue weighted by Gasteiger charge is 2.77. The average Bonchev–Trinajstić information content (AvgIpc) is 2.99. The topological polar surface area (TPSA) is 55.8 Å². The van der Waals surface area contributed by atoms with Crippen LogP contribution < -0.4 is 0 Å². The van der Waals surface area contributed by atoms with Gasteiger partial charge in [-0.15, -0.1) is 0 Å². The van der Waals surface area contributed by atoms with Crippen molar-refractivity contribution in [1.82, 2.24) is 0 Å². The van der Waals surface area contributed by atoms with Gasteiger partial charge < -0.3 is 14.6 Å². The van der Waals surface area contributed by atoms with E-state index in [9.17, 15) is 9.90 Å². The van der Waals surface area contributed by atoms with Gasteiger partial charge >= 0.3 is 0 Å². The van der Waals surface area contributed by atoms with Gasteiger partial charge in [-0.2, -0.15) is 0 Å². The molecule has 4 rings (SSSR count). The van der Waals surface area contributed by atoms with Crippen LogP contribution >= 0.6 is 0 Å². The molecule has 0 aromatic rings. The molecule has 0 aromatic heterocycles. The summed E-state index contributed by atoms with van der Waals surface area (Å²) < 4.78 is 12.3. The van der Waals surface area contributed by atoms with Gasteiger partial charge in [0.05, 0.1) is 29.6 Å². The van der Waals surface area contributed by atoms with Gasteiger partial charge in [0.15, 0.2) is 5.78 Å². The maximum Gasteiger partial charge on any atom is 0.166 e. The molecule has 1 saturated heterocycles. The minimum Gasteiger partial charge on any atom is -0.491 e. The highest BCUT2D eigenvalue weighted by molar-refractivity contribution is 5.98. The van der Waals surface area contributed by atoms with E-state index in [1.54, 1.807) is 0 Å². The van der Waals surface area contributed by atoms with E-state index >= 15 is 0 Å². The van der Waals surface area contributed by atoms with Crippen molar-refractivity contribution in [2.75, 3.05) is 0 Å². The minimum absolute atomic E-state index is 0.137. The van der Waals surface area contributed by atoms with Crippen LogP contribution in [0.4, 0.5) is 0 Å². The van der Waals surface area contributed by atoms with Crippen molar-refractivity contribution < 1.29 is 19.4 Å². The second-order valence-electron chi connectivity index (χ2n) is 7.98. The summed E-state index contributed by atoms with van der Waals surface area (Å²) in [5, 5.41) is 10.4. The van der Waals surface area contributed by atoms with Crippen LogP contribution in [-0.4, -0.2) is 34.3 Å². The Bertz CT molecular complexity index is 545. The predicted molar refractivity (Wildman–Crippen MR) is 71.9 cm³/mol. The second kappa shape index (κ2) is 3.30. The van der Waals surface area contributed by atoms with Gasteiger partial charge in [0.1, 0.15) is 11.4 Å². The van der Waals surface area contributed by atoms with E-state index in [2.05, 4.69) is 13.8 Å². The van der Waals surface area contributed by atoms with Crippen molar-refractivity contribution in [1.29, 1.82) is 0 Å². The number of carbonyl (C=O) groups is 1. The number of ether oxygens (including phenoxy) is 2. The van der Waals surface area contributed by atoms with Crippen LogP contribution in [0.1, 0.15) is 47.0 Å². The fourth-order valence-electron chi connectivity index (χ4n) is 4.67. The van der Waals surface area contributed by atoms with Crippen LogP contribution in [-0.2, 0) is 14.3 Å². The van der Waals surface area contributed by atoms with E-state index in [1.165, 1.54) is 0 Å². The van der Waals surface area contributed by atoms with Crippen molar-refractivity contribution in [2.24, 2.45) is 11.3 Å². The first-order valence-corrected chi connectivity index (χ1v) is 7.49. The number of Topliss-reactive ketones (excluding diaryl/α,β-unsaturated/α-hetero) is 1. The molecule has 0 amide bonds. The first-order chi connectivity index (χ1) is 9.17. The maximum atomic E-state index is 12.4. The highest BCUT2D eigenvalue weighted by atomic mass is 16.5. The van der Waals surface area contributed by atoms with Gasteiger partial charge in [0.25, 0.3) is 0 Å². The second-order valence-corrected chi connectivity index (χ2v) is 7.98. The summed E-state index contributed by atoms with van der Waals surface area (Å²) >= 11 is 0. The van der Waals surface area contributed by atoms with E-state index in [4.69, 9.17) is 9.47 Å². The van der Waals surface area contributed by atoms with E-state index in [-0.39, 0.29) is 22.9 Å². The van der Waals surface area contributed by atoms with Crippen molar-refractivity contribution in [3.05, 3.63) is 11.3 Å². The van der Waals surface area contributed by atoms with E-state index in [0.29, 0.717) is 18.8 Å². The summed E-state index contributed by atoms with van der Waals surface area (Å²) in [7, 11) is 0. The molecule has 20 heavy (non-hydrogen) atoms. The van der Waals surface area contributed by atoms with Gasteiger partial charge in [0, 0.05) is 17.9 Å². The van der Waals surface area contributed by atoms with Gasteiger partial charge in [-0.3, -0.25) is 4.79 Å². The lowest BCUT2D eigenvalue weighted by Crippen LogP contribution is -2.47. The maximum absolute atomic E-state index is 12.4. The van der Waals surface area contributed by atoms with E-state index in [1.807, 2.05) is 13.8 Å². The van der Waals surface area contributed by atoms with E-state index in [0.717, 1.165) is 17.8 Å². The molecule has 2 heterocycles. The Morgan fingerprint density at radius 2 is 1.95 bits per heavy atom. The summed E-state index contributed by atoms with van der Waals surface area (Å²) in [6.07, 6.45) is 0.926. The molecule has 4 atom stereocenters. The molecule has 1 N–H and O–H groups in total. The van der Waals surface area contributed by atoms with Crippen molar-refractivity contribution in [3.63, 3.8) is 0 Å². The third-order valence-corrected chi connectivity index (χ3v) is 5.54. The fraction of sp³-hybridized carbons (Fsp3) is 0.812. The van der Waals surface area contributed by atoms with Crippen LogP contribution in [0.25, 0.3) is 0 Å². The molecule has 0 aromatic carbocycles. The Balaban J connectivity index is 1.85. The first-order valence-electron chi connectivity index (χ1n) is 7.49. The van der Waals surface area contributed by atoms with Crippen LogP contribution in [0, 0.1) is 11.3 Å². The minimum atomic E-state index is -0.589. The molecule has 2 aliphatic carbocycles. The lowest BCUT2D eigenvalue weighted by atomic mass is 9.75. The molecule has 0 radical (unpaired) electrons. The quantitative estimate of drug-likeness (QED) is 0.736. The third kappa shape index (κ3) is 1.37. The number of ketones is 1. The largest absolute Gasteiger partial charge is 0.491 e. The molecule has 4 nitrogen and oxygen atoms in total. The lowest BCUT2D eigenvalue weighted by molar-refractivity contribution is -0.137. The summed E-state index contributed by atoms with van der Waals surface area (Å²) in [5.74, 6) is 1.32. The number of aliphatic hydroxyl groups is 1. The summed E-state index contributed by atoms with van der Waals surface area (Å²) in [6.45, 7) is 8.08. The predicted octanol–water partition coefficient (Wildman–Crippen LogP) is 1.96. The van der Waals surface area contributed by atoms with Crippen LogP contribution in [0.3, 0.4) is 0 Å². The Morgan fingerprint density at radius 3 is 2.60 bits per heavy atom. The van der Waals surface area contributed by atoms with Gasteiger partial charge in [0.2, 0.25) is 0 Å². The van der Waals surface area contributed by atoms with Crippen LogP contribution in [0.15, 0.2) is 11.3 Å². The van der Waals surface area contributed by atoms with E-state index < -0.39 is 11.7 Å². The Kier molecular flexibility index (Phi) is 2.12. The van der Waals surface area contributed by atoms with Crippen LogP contribution in [0.2, 0.25) is 0 Å². The van der Waals surface area contributed by atoms with Crippen molar-refractivity contribution in [2.45, 2.75) is 70.4 Å². The molecule has 0 unspecified atom stereocenters. The zero-order chi connectivity index (χ0) is 14.5. The van der Waals surface area contributed by atoms with Crippen LogP contribution in [0.5, 0.6) is 0 Å². The molecule has 2 aliphatic heterocycles. The highest BCUT2D eigenvalue weighted by Crippen LogP contribution is 2.74. The lowest BCUT2D eigenvalue weighted by Gasteiger charge is -2.43. The number of hydrogen-bond donors (Lipinski definition) is 1. The summed E-state index contributed by atoms with van der Waals surface area (Å²) in [4.78, 5) is 12.4. The Hall–Kier alpha value is -0.870. The Labute approximate surface area is 119 Å². The molecular formula is C16H22O4. The molecule has 4 heteroatoms. The number of aliphatic hydroxyl groups excluding tert-OH is 1. The van der Waals surface area contributed by atoms with Crippen molar-refractivity contribution in [3.8, 4) is 0 Å². The molecular weight excluding hydrogens is 256 g/mol. The third-order valence-electron chi connectivity index (χ3n) is 5.54. The number of hydrogen-bond acceptors (Lipinski definition) is 4. The van der Waals surface area contributed by atoms with Gasteiger partial charge in [-0.25, -0.2) is 0 Å². The zero-order valence-corrected chi connectivity index (χ0v) is 12.5. The summed E-state index contributed by atoms with van der Waals surface area (Å²) in [5.41, 5.74) is -0.222. The van der Waals surface area contributed by atoms with Gasteiger partial charge in [-0.05, 0) is 34.1 Å². The van der Waals surface area contributed by atoms with Crippen molar-refractivity contribution >= 4 is 5.78 Å². The molecule has 4 aliphatic rings. The molecule has 0 bridgehead atoms. The SMILES string of the molecule is CC1(C)CC(=O)C2=C(O1)[C@@]13C[C@@H]1C(C)(C)O[C@H]3[C@@H](O)C2. The zero-order valence-electron chi connectivity index (χ0n) is 12.5. The number of carbonyl (C=O) groups excluding carboxylic acids is 1. The molecule has 1 saturated carbocycles. The molecule has 110 valence electrons. The smallest absolute Gasteiger partial charge is 0.166 e. The van der Waals surface area contributed by atoms with Gasteiger partial charge in [-0.1, -0.05) is 0 Å². The molecule has 2 fully saturated rings. The molecule has 1 spiro atoms. The first kappa shape index (κ1) is 12.8. The Morgan fingerprint density at radius 1 is 1.25 bits per heavy atom. The monoisotopic (exact) mass is 278 g/mol. The summed E-state index contributed by atoms with van der Waals surface area (Å²) in [6, 6.07) is 0. The normalized spacial score (nSPS) is 47.2. The fourth-order valence-corrected chi connectivity index (χ4v) is 4.67. The number of rotatable bonds is 0. The standard InChI is InChI=1S/C16H22O4/c1-14(2)6-10(18)8-5-9(17)13-16(12(8)19-14)7-11(16)15(3,4)20-13/h9,11,13,17H,5-7H2,1-4H3/t9-,11+,13-,16+/m0/s1. The average molecular weight is 278 g/mol.